The highest BCUT2D eigenvalue weighted by molar-refractivity contribution is 7.89. The Balaban J connectivity index is 1.55. The minimum Gasteiger partial charge on any atom is -0.343 e. The Morgan fingerprint density at radius 1 is 1.09 bits per heavy atom. The summed E-state index contributed by atoms with van der Waals surface area (Å²) in [4.78, 5) is 14.2. The summed E-state index contributed by atoms with van der Waals surface area (Å²) in [7, 11) is -3.62. The summed E-state index contributed by atoms with van der Waals surface area (Å²) < 4.78 is 29.5. The Hall–Kier alpha value is -2.49. The maximum absolute atomic E-state index is 13.2. The molecule has 1 atom stereocenters. The van der Waals surface area contributed by atoms with Crippen molar-refractivity contribution >= 4 is 27.3 Å². The van der Waals surface area contributed by atoms with Gasteiger partial charge in [-0.15, -0.1) is 11.3 Å². The number of benzene rings is 1. The number of amides is 1. The molecule has 0 aliphatic carbocycles. The van der Waals surface area contributed by atoms with Crippen LogP contribution in [0.5, 0.6) is 0 Å². The van der Waals surface area contributed by atoms with E-state index in [-0.39, 0.29) is 23.4 Å². The fourth-order valence-electron chi connectivity index (χ4n) is 4.20. The summed E-state index contributed by atoms with van der Waals surface area (Å²) in [5.41, 5.74) is 1.92. The first-order valence-electron chi connectivity index (χ1n) is 10.8. The van der Waals surface area contributed by atoms with Gasteiger partial charge in [0.15, 0.2) is 0 Å². The number of hydrogen-bond donors (Lipinski definition) is 1. The van der Waals surface area contributed by atoms with Crippen molar-refractivity contribution in [1.82, 2.24) is 19.4 Å². The molecular formula is C23H28N4O3S2. The molecule has 1 amide bonds. The molecule has 3 aromatic rings. The Morgan fingerprint density at radius 3 is 2.47 bits per heavy atom. The molecule has 0 bridgehead atoms. The highest BCUT2D eigenvalue weighted by Gasteiger charge is 2.32. The van der Waals surface area contributed by atoms with Crippen LogP contribution in [0.25, 0.3) is 0 Å². The molecule has 0 unspecified atom stereocenters. The maximum atomic E-state index is 13.2. The number of nitrogens with one attached hydrogen (secondary N) is 1. The van der Waals surface area contributed by atoms with Gasteiger partial charge in [-0.1, -0.05) is 42.8 Å². The maximum Gasteiger partial charge on any atom is 0.246 e. The quantitative estimate of drug-likeness (QED) is 0.569. The first-order chi connectivity index (χ1) is 15.4. The molecule has 0 spiro atoms. The predicted molar refractivity (Wildman–Crippen MR) is 125 cm³/mol. The number of hydrogen-bond acceptors (Lipinski definition) is 5. The smallest absolute Gasteiger partial charge is 0.246 e. The lowest BCUT2D eigenvalue weighted by Gasteiger charge is -2.26. The average molecular weight is 473 g/mol. The van der Waals surface area contributed by atoms with Crippen molar-refractivity contribution in [1.29, 1.82) is 0 Å². The molecule has 1 fully saturated rings. The highest BCUT2D eigenvalue weighted by Crippen LogP contribution is 2.27. The van der Waals surface area contributed by atoms with Crippen molar-refractivity contribution < 1.29 is 13.2 Å². The molecule has 0 saturated carbocycles. The number of sulfonamides is 1. The third-order valence-corrected chi connectivity index (χ3v) is 8.88. The number of carbonyl (C=O) groups excluding carboxylic acids is 1. The molecule has 1 aliphatic rings. The molecule has 0 radical (unpaired) electrons. The number of piperidine rings is 1. The zero-order valence-corrected chi connectivity index (χ0v) is 20.0. The Labute approximate surface area is 193 Å². The van der Waals surface area contributed by atoms with Crippen LogP contribution in [0.15, 0.2) is 52.7 Å². The molecule has 2 aromatic heterocycles. The van der Waals surface area contributed by atoms with Gasteiger partial charge in [-0.2, -0.15) is 9.40 Å². The number of rotatable bonds is 7. The zero-order valence-electron chi connectivity index (χ0n) is 18.3. The van der Waals surface area contributed by atoms with Crippen LogP contribution in [0.3, 0.4) is 0 Å². The van der Waals surface area contributed by atoms with E-state index in [1.807, 2.05) is 47.8 Å². The standard InChI is InChI=1S/C23H28N4O3S2/c1-17-23(32(29,30)26-13-7-4-8-14-26)18(2)27(25-17)16-21(28)24-22(20-12-9-15-31-20)19-10-5-3-6-11-19/h3,5-6,9-12,15,22H,4,7-8,13-14,16H2,1-2H3,(H,24,28)/t22-/m0/s1. The van der Waals surface area contributed by atoms with Crippen LogP contribution in [0, 0.1) is 13.8 Å². The van der Waals surface area contributed by atoms with Gasteiger partial charge in [-0.3, -0.25) is 9.48 Å². The highest BCUT2D eigenvalue weighted by atomic mass is 32.2. The van der Waals surface area contributed by atoms with E-state index < -0.39 is 10.0 Å². The second-order valence-corrected chi connectivity index (χ2v) is 10.9. The van der Waals surface area contributed by atoms with Crippen LogP contribution >= 0.6 is 11.3 Å². The summed E-state index contributed by atoms with van der Waals surface area (Å²) in [5.74, 6) is -0.222. The molecule has 32 heavy (non-hydrogen) atoms. The molecule has 4 rings (SSSR count). The van der Waals surface area contributed by atoms with E-state index in [0.717, 1.165) is 29.7 Å². The van der Waals surface area contributed by atoms with Gasteiger partial charge in [0.1, 0.15) is 11.4 Å². The van der Waals surface area contributed by atoms with E-state index >= 15 is 0 Å². The Morgan fingerprint density at radius 2 is 1.81 bits per heavy atom. The van der Waals surface area contributed by atoms with Crippen LogP contribution < -0.4 is 5.32 Å². The second kappa shape index (κ2) is 9.56. The lowest BCUT2D eigenvalue weighted by molar-refractivity contribution is -0.122. The fourth-order valence-corrected chi connectivity index (χ4v) is 6.90. The molecule has 1 aromatic carbocycles. The first kappa shape index (κ1) is 22.7. The van der Waals surface area contributed by atoms with Gasteiger partial charge >= 0.3 is 0 Å². The third-order valence-electron chi connectivity index (χ3n) is 5.79. The fraction of sp³-hybridized carbons (Fsp3) is 0.391. The van der Waals surface area contributed by atoms with E-state index in [2.05, 4.69) is 10.4 Å². The third kappa shape index (κ3) is 4.65. The summed E-state index contributed by atoms with van der Waals surface area (Å²) in [6.45, 7) is 4.44. The summed E-state index contributed by atoms with van der Waals surface area (Å²) in [6, 6.07) is 13.5. The second-order valence-electron chi connectivity index (χ2n) is 8.05. The molecule has 170 valence electrons. The lowest BCUT2D eigenvalue weighted by Crippen LogP contribution is -2.36. The molecule has 1 N–H and O–H groups in total. The molecule has 1 saturated heterocycles. The summed E-state index contributed by atoms with van der Waals surface area (Å²) in [6.07, 6.45) is 2.80. The van der Waals surface area contributed by atoms with Gasteiger partial charge < -0.3 is 5.32 Å². The van der Waals surface area contributed by atoms with Crippen molar-refractivity contribution in [2.24, 2.45) is 0 Å². The molecule has 1 aliphatic heterocycles. The van der Waals surface area contributed by atoms with Gasteiger partial charge in [0, 0.05) is 18.0 Å². The number of carbonyl (C=O) groups is 1. The van der Waals surface area contributed by atoms with Crippen molar-refractivity contribution in [3.8, 4) is 0 Å². The number of thiophene rings is 1. The van der Waals surface area contributed by atoms with Crippen LogP contribution in [-0.2, 0) is 21.4 Å². The van der Waals surface area contributed by atoms with Crippen LogP contribution in [-0.4, -0.2) is 41.5 Å². The van der Waals surface area contributed by atoms with Crippen molar-refractivity contribution in [3.05, 3.63) is 69.7 Å². The van der Waals surface area contributed by atoms with Gasteiger partial charge in [0.25, 0.3) is 0 Å². The monoisotopic (exact) mass is 472 g/mol. The van der Waals surface area contributed by atoms with E-state index in [4.69, 9.17) is 0 Å². The van der Waals surface area contributed by atoms with Gasteiger partial charge in [0.05, 0.1) is 17.4 Å². The summed E-state index contributed by atoms with van der Waals surface area (Å²) >= 11 is 1.58. The molecular weight excluding hydrogens is 444 g/mol. The predicted octanol–water partition coefficient (Wildman–Crippen LogP) is 3.64. The summed E-state index contributed by atoms with van der Waals surface area (Å²) in [5, 5.41) is 9.48. The SMILES string of the molecule is Cc1nn(CC(=O)N[C@@H](c2ccccc2)c2cccs2)c(C)c1S(=O)(=O)N1CCCCC1. The van der Waals surface area contributed by atoms with Crippen LogP contribution in [0.4, 0.5) is 0 Å². The van der Waals surface area contributed by atoms with Crippen LogP contribution in [0.2, 0.25) is 0 Å². The number of aromatic nitrogens is 2. The van der Waals surface area contributed by atoms with Crippen molar-refractivity contribution in [2.45, 2.75) is 50.6 Å². The van der Waals surface area contributed by atoms with Gasteiger partial charge in [0.2, 0.25) is 15.9 Å². The molecule has 9 heteroatoms. The van der Waals surface area contributed by atoms with E-state index in [0.29, 0.717) is 24.5 Å². The van der Waals surface area contributed by atoms with E-state index in [1.165, 1.54) is 4.68 Å². The van der Waals surface area contributed by atoms with E-state index in [1.54, 1.807) is 29.5 Å². The number of aryl methyl sites for hydroxylation is 1. The Kier molecular flexibility index (Phi) is 6.78. The molecule has 7 nitrogen and oxygen atoms in total. The van der Waals surface area contributed by atoms with Crippen molar-refractivity contribution in [2.75, 3.05) is 13.1 Å². The zero-order chi connectivity index (χ0) is 22.7. The Bertz CT molecular complexity index is 1170. The van der Waals surface area contributed by atoms with Crippen LogP contribution in [0.1, 0.15) is 47.1 Å². The average Bonchev–Trinajstić information content (AvgIpc) is 3.41. The topological polar surface area (TPSA) is 84.3 Å². The minimum absolute atomic E-state index is 0.0447. The largest absolute Gasteiger partial charge is 0.343 e. The van der Waals surface area contributed by atoms with E-state index in [9.17, 15) is 13.2 Å². The van der Waals surface area contributed by atoms with Gasteiger partial charge in [-0.25, -0.2) is 8.42 Å². The van der Waals surface area contributed by atoms with Crippen molar-refractivity contribution in [3.63, 3.8) is 0 Å². The molecule has 3 heterocycles. The van der Waals surface area contributed by atoms with Gasteiger partial charge in [-0.05, 0) is 43.7 Å². The number of nitrogens with zero attached hydrogens (tertiary/aromatic N) is 3. The normalized spacial score (nSPS) is 16.1. The minimum atomic E-state index is -3.62. The first-order valence-corrected chi connectivity index (χ1v) is 13.1. The lowest BCUT2D eigenvalue weighted by atomic mass is 10.1.